The van der Waals surface area contributed by atoms with Gasteiger partial charge in [0.15, 0.2) is 0 Å². The summed E-state index contributed by atoms with van der Waals surface area (Å²) < 4.78 is 69.0. The molecule has 2 rings (SSSR count). The maximum atomic E-state index is 12.5. The van der Waals surface area contributed by atoms with Crippen LogP contribution in [0.3, 0.4) is 0 Å². The molecule has 0 aliphatic heterocycles. The van der Waals surface area contributed by atoms with Crippen molar-refractivity contribution in [2.45, 2.75) is 11.1 Å². The lowest BCUT2D eigenvalue weighted by atomic mass is 10.2. The first-order valence-electron chi connectivity index (χ1n) is 7.75. The Morgan fingerprint density at radius 1 is 1.07 bits per heavy atom. The number of para-hydroxylation sites is 1. The molecule has 0 aliphatic rings. The van der Waals surface area contributed by atoms with E-state index in [0.29, 0.717) is 12.1 Å². The van der Waals surface area contributed by atoms with E-state index >= 15 is 0 Å². The van der Waals surface area contributed by atoms with E-state index in [1.54, 1.807) is 12.1 Å². The number of primary amides is 1. The van der Waals surface area contributed by atoms with E-state index < -0.39 is 27.7 Å². The minimum Gasteiger partial charge on any atom is -0.480 e. The molecule has 148 valence electrons. The van der Waals surface area contributed by atoms with Crippen molar-refractivity contribution in [1.82, 2.24) is 4.72 Å². The van der Waals surface area contributed by atoms with Gasteiger partial charge in [0.2, 0.25) is 10.0 Å². The van der Waals surface area contributed by atoms with Gasteiger partial charge >= 0.3 is 6.18 Å². The minimum absolute atomic E-state index is 0.119. The predicted octanol–water partition coefficient (Wildman–Crippen LogP) is 2.17. The van der Waals surface area contributed by atoms with Crippen molar-refractivity contribution in [1.29, 1.82) is 0 Å². The minimum atomic E-state index is -4.55. The molecule has 2 aromatic rings. The number of rotatable bonds is 6. The summed E-state index contributed by atoms with van der Waals surface area (Å²) >= 11 is 0. The maximum absolute atomic E-state index is 12.5. The molecule has 28 heavy (non-hydrogen) atoms. The highest BCUT2D eigenvalue weighted by Crippen LogP contribution is 2.29. The zero-order chi connectivity index (χ0) is 20.8. The third kappa shape index (κ3) is 5.73. The van der Waals surface area contributed by atoms with Crippen LogP contribution in [0, 0.1) is 11.8 Å². The average molecular weight is 412 g/mol. The number of sulfonamides is 1. The Labute approximate surface area is 159 Å². The van der Waals surface area contributed by atoms with Crippen molar-refractivity contribution in [3.8, 4) is 17.6 Å². The first-order valence-corrected chi connectivity index (χ1v) is 9.24. The van der Waals surface area contributed by atoms with Gasteiger partial charge in [-0.2, -0.15) is 17.9 Å². The lowest BCUT2D eigenvalue weighted by molar-refractivity contribution is -0.137. The van der Waals surface area contributed by atoms with Crippen molar-refractivity contribution < 1.29 is 31.1 Å². The molecule has 10 heteroatoms. The Morgan fingerprint density at radius 2 is 1.71 bits per heavy atom. The SMILES string of the molecule is NC(=O)c1ccccc1OCC#CCNS(=O)(=O)c1ccc(C(F)(F)F)cc1. The van der Waals surface area contributed by atoms with Crippen molar-refractivity contribution in [3.05, 3.63) is 59.7 Å². The number of carbonyl (C=O) groups is 1. The van der Waals surface area contributed by atoms with Gasteiger partial charge in [-0.25, -0.2) is 8.42 Å². The summed E-state index contributed by atoms with van der Waals surface area (Å²) in [6.07, 6.45) is -4.55. The second-order valence-corrected chi connectivity index (χ2v) is 7.12. The first kappa shape index (κ1) is 21.3. The van der Waals surface area contributed by atoms with Gasteiger partial charge in [0.25, 0.3) is 5.91 Å². The second-order valence-electron chi connectivity index (χ2n) is 5.35. The van der Waals surface area contributed by atoms with Crippen LogP contribution < -0.4 is 15.2 Å². The average Bonchev–Trinajstić information content (AvgIpc) is 2.64. The van der Waals surface area contributed by atoms with E-state index in [2.05, 4.69) is 16.6 Å². The summed E-state index contributed by atoms with van der Waals surface area (Å²) in [7, 11) is -4.00. The molecule has 2 aromatic carbocycles. The highest BCUT2D eigenvalue weighted by Gasteiger charge is 2.30. The number of benzene rings is 2. The smallest absolute Gasteiger partial charge is 0.416 e. The third-order valence-electron chi connectivity index (χ3n) is 3.42. The summed E-state index contributed by atoms with van der Waals surface area (Å²) in [4.78, 5) is 10.9. The van der Waals surface area contributed by atoms with Gasteiger partial charge in [-0.05, 0) is 36.4 Å². The highest BCUT2D eigenvalue weighted by molar-refractivity contribution is 7.89. The Hall–Kier alpha value is -3.03. The van der Waals surface area contributed by atoms with Crippen LogP contribution in [-0.2, 0) is 16.2 Å². The van der Waals surface area contributed by atoms with Crippen LogP contribution in [0.5, 0.6) is 5.75 Å². The van der Waals surface area contributed by atoms with E-state index in [1.807, 2.05) is 0 Å². The van der Waals surface area contributed by atoms with Crippen molar-refractivity contribution >= 4 is 15.9 Å². The molecule has 0 fully saturated rings. The second kappa shape index (κ2) is 8.77. The Morgan fingerprint density at radius 3 is 2.32 bits per heavy atom. The number of nitrogens with two attached hydrogens (primary N) is 1. The number of amides is 1. The molecule has 0 aliphatic carbocycles. The number of halogens is 3. The molecule has 0 heterocycles. The third-order valence-corrected chi connectivity index (χ3v) is 4.84. The first-order chi connectivity index (χ1) is 13.1. The number of hydrogen-bond acceptors (Lipinski definition) is 4. The molecule has 0 radical (unpaired) electrons. The Balaban J connectivity index is 1.91. The van der Waals surface area contributed by atoms with E-state index in [-0.39, 0.29) is 29.4 Å². The fraction of sp³-hybridized carbons (Fsp3) is 0.167. The molecule has 0 bridgehead atoms. The van der Waals surface area contributed by atoms with Crippen LogP contribution in [0.4, 0.5) is 13.2 Å². The highest BCUT2D eigenvalue weighted by atomic mass is 32.2. The zero-order valence-corrected chi connectivity index (χ0v) is 15.1. The molecule has 0 saturated carbocycles. The quantitative estimate of drug-likeness (QED) is 0.711. The molecule has 0 saturated heterocycles. The molecular formula is C18H15F3N2O4S. The largest absolute Gasteiger partial charge is 0.480 e. The van der Waals surface area contributed by atoms with Gasteiger partial charge in [0.1, 0.15) is 12.4 Å². The van der Waals surface area contributed by atoms with Crippen molar-refractivity contribution in [2.75, 3.05) is 13.2 Å². The number of nitrogens with one attached hydrogen (secondary N) is 1. The Bertz CT molecular complexity index is 1010. The van der Waals surface area contributed by atoms with Crippen LogP contribution in [0.15, 0.2) is 53.4 Å². The fourth-order valence-electron chi connectivity index (χ4n) is 2.06. The number of carbonyl (C=O) groups excluding carboxylic acids is 1. The van der Waals surface area contributed by atoms with Crippen molar-refractivity contribution in [3.63, 3.8) is 0 Å². The summed E-state index contributed by atoms with van der Waals surface area (Å²) in [5.74, 6) is 4.64. The molecule has 3 N–H and O–H groups in total. The van der Waals surface area contributed by atoms with E-state index in [4.69, 9.17) is 10.5 Å². The standard InChI is InChI=1S/C18H15F3N2O4S/c19-18(20,21)13-7-9-14(10-8-13)28(25,26)23-11-3-4-12-27-16-6-2-1-5-15(16)17(22)24/h1-2,5-10,23H,11-12H2,(H2,22,24). The number of hydrogen-bond donors (Lipinski definition) is 2. The lowest BCUT2D eigenvalue weighted by Crippen LogP contribution is -2.24. The van der Waals surface area contributed by atoms with Gasteiger partial charge in [-0.15, -0.1) is 0 Å². The molecule has 6 nitrogen and oxygen atoms in total. The molecule has 0 atom stereocenters. The summed E-state index contributed by atoms with van der Waals surface area (Å²) in [5, 5.41) is 0. The molecular weight excluding hydrogens is 397 g/mol. The van der Waals surface area contributed by atoms with Gasteiger partial charge in [-0.1, -0.05) is 24.0 Å². The van der Waals surface area contributed by atoms with Crippen LogP contribution >= 0.6 is 0 Å². The summed E-state index contributed by atoms with van der Waals surface area (Å²) in [6, 6.07) is 9.39. The monoisotopic (exact) mass is 412 g/mol. The topological polar surface area (TPSA) is 98.5 Å². The van der Waals surface area contributed by atoms with Gasteiger partial charge in [0, 0.05) is 0 Å². The van der Waals surface area contributed by atoms with Gasteiger partial charge in [-0.3, -0.25) is 4.79 Å². The molecule has 0 aromatic heterocycles. The van der Waals surface area contributed by atoms with Crippen LogP contribution in [0.2, 0.25) is 0 Å². The predicted molar refractivity (Wildman–Crippen MR) is 94.9 cm³/mol. The van der Waals surface area contributed by atoms with E-state index in [0.717, 1.165) is 12.1 Å². The maximum Gasteiger partial charge on any atom is 0.416 e. The van der Waals surface area contributed by atoms with Gasteiger partial charge < -0.3 is 10.5 Å². The zero-order valence-electron chi connectivity index (χ0n) is 14.3. The lowest BCUT2D eigenvalue weighted by Gasteiger charge is -2.08. The van der Waals surface area contributed by atoms with Crippen LogP contribution in [0.1, 0.15) is 15.9 Å². The van der Waals surface area contributed by atoms with Crippen LogP contribution in [-0.4, -0.2) is 27.5 Å². The fourth-order valence-corrected chi connectivity index (χ4v) is 2.98. The molecule has 0 unspecified atom stereocenters. The van der Waals surface area contributed by atoms with Crippen molar-refractivity contribution in [2.24, 2.45) is 5.73 Å². The molecule has 0 spiro atoms. The summed E-state index contributed by atoms with van der Waals surface area (Å²) in [5.41, 5.74) is 4.45. The van der Waals surface area contributed by atoms with Crippen LogP contribution in [0.25, 0.3) is 0 Å². The number of alkyl halides is 3. The van der Waals surface area contributed by atoms with Gasteiger partial charge in [0.05, 0.1) is 22.6 Å². The normalized spacial score (nSPS) is 11.4. The van der Waals surface area contributed by atoms with E-state index in [9.17, 15) is 26.4 Å². The summed E-state index contributed by atoms with van der Waals surface area (Å²) in [6.45, 7) is -0.392. The molecule has 1 amide bonds. The van der Waals surface area contributed by atoms with E-state index in [1.165, 1.54) is 12.1 Å². The number of ether oxygens (including phenoxy) is 1. The Kier molecular flexibility index (Phi) is 6.66.